The van der Waals surface area contributed by atoms with Crippen molar-refractivity contribution in [1.82, 2.24) is 0 Å². The van der Waals surface area contributed by atoms with Crippen LogP contribution in [0.2, 0.25) is 17.0 Å². The van der Waals surface area contributed by atoms with Crippen molar-refractivity contribution >= 4 is 24.0 Å². The first-order valence-electron chi connectivity index (χ1n) is 9.30. The van der Waals surface area contributed by atoms with Crippen molar-refractivity contribution < 1.29 is 35.3 Å². The predicted molar refractivity (Wildman–Crippen MR) is 110 cm³/mol. The molecule has 0 bridgehead atoms. The van der Waals surface area contributed by atoms with Crippen LogP contribution < -0.4 is 0 Å². The van der Waals surface area contributed by atoms with Crippen LogP contribution in [0.3, 0.4) is 0 Å². The van der Waals surface area contributed by atoms with Crippen molar-refractivity contribution in [2.24, 2.45) is 0 Å². The third kappa shape index (κ3) is 6.30. The van der Waals surface area contributed by atoms with E-state index in [1.165, 1.54) is 17.5 Å². The molecule has 2 aromatic rings. The Morgan fingerprint density at radius 3 is 2.28 bits per heavy atom. The van der Waals surface area contributed by atoms with Gasteiger partial charge in [0.05, 0.1) is 0 Å². The van der Waals surface area contributed by atoms with Gasteiger partial charge < -0.3 is 4.55 Å². The average molecular weight is 538 g/mol. The number of benzene rings is 2. The molecule has 0 N–H and O–H groups in total. The van der Waals surface area contributed by atoms with Gasteiger partial charge in [-0.3, -0.25) is 0 Å². The van der Waals surface area contributed by atoms with Gasteiger partial charge >= 0.3 is 152 Å². The van der Waals surface area contributed by atoms with Crippen LogP contribution in [0.4, 0.5) is 17.6 Å². The molecule has 5 nitrogen and oxygen atoms in total. The average Bonchev–Trinajstić information content (AvgIpc) is 3.06. The number of ether oxygens (including phenoxy) is 1. The monoisotopic (exact) mass is 539 g/mol. The Labute approximate surface area is 188 Å². The van der Waals surface area contributed by atoms with Crippen LogP contribution in [0.5, 0.6) is 0 Å². The minimum absolute atomic E-state index is 0.235. The Morgan fingerprint density at radius 2 is 1.78 bits per heavy atom. The predicted octanol–water partition coefficient (Wildman–Crippen LogP) is 5.06. The molecule has 0 saturated carbocycles. The number of alkyl halides is 3. The summed E-state index contributed by atoms with van der Waals surface area (Å²) in [6.45, 7) is 0.500. The molecule has 0 spiro atoms. The molecule has 1 aliphatic heterocycles. The first kappa shape index (κ1) is 26.3. The molecular formula is C21H21F4NO4SSe. The van der Waals surface area contributed by atoms with Crippen LogP contribution in [0.1, 0.15) is 35.1 Å². The first-order chi connectivity index (χ1) is 14.8. The molecule has 32 heavy (non-hydrogen) atoms. The summed E-state index contributed by atoms with van der Waals surface area (Å²) in [5.41, 5.74) is -2.32. The van der Waals surface area contributed by atoms with E-state index in [-0.39, 0.29) is 5.82 Å². The Hall–Kier alpha value is -1.96. The molecule has 1 atom stereocenters. The van der Waals surface area contributed by atoms with E-state index in [4.69, 9.17) is 23.0 Å². The summed E-state index contributed by atoms with van der Waals surface area (Å²) in [6.07, 6.45) is 1.98. The van der Waals surface area contributed by atoms with E-state index in [2.05, 4.69) is 17.7 Å². The van der Waals surface area contributed by atoms with Crippen LogP contribution >= 0.6 is 0 Å². The molecule has 0 unspecified atom stereocenters. The summed E-state index contributed by atoms with van der Waals surface area (Å²) < 4.78 is 78.6. The second-order valence-corrected chi connectivity index (χ2v) is 13.7. The molecule has 3 rings (SSSR count). The largest absolute Gasteiger partial charge is 0.741 e. The molecule has 0 saturated heterocycles. The second kappa shape index (κ2) is 10.3. The van der Waals surface area contributed by atoms with Gasteiger partial charge in [0.1, 0.15) is 0 Å². The number of hydrogen-bond acceptors (Lipinski definition) is 5. The van der Waals surface area contributed by atoms with Gasteiger partial charge in [-0.15, -0.1) is 0 Å². The quantitative estimate of drug-likeness (QED) is 0.230. The summed E-state index contributed by atoms with van der Waals surface area (Å²) in [4.78, 5) is 0. The van der Waals surface area contributed by atoms with Gasteiger partial charge in [-0.05, 0) is 0 Å². The topological polar surface area (TPSA) is 90.2 Å². The number of halogens is 4. The van der Waals surface area contributed by atoms with E-state index in [9.17, 15) is 17.6 Å². The van der Waals surface area contributed by atoms with Crippen molar-refractivity contribution in [3.63, 3.8) is 0 Å². The zero-order valence-electron chi connectivity index (χ0n) is 17.3. The molecule has 2 aromatic carbocycles. The zero-order valence-corrected chi connectivity index (χ0v) is 19.8. The van der Waals surface area contributed by atoms with E-state index in [1.54, 1.807) is 0 Å². The summed E-state index contributed by atoms with van der Waals surface area (Å²) in [5, 5.41) is 10.4. The van der Waals surface area contributed by atoms with Gasteiger partial charge in [0.15, 0.2) is 10.1 Å². The molecule has 1 heterocycles. The molecular weight excluding hydrogens is 517 g/mol. The Kier molecular flexibility index (Phi) is 8.48. The Balaban J connectivity index is 0.000000390. The van der Waals surface area contributed by atoms with Crippen LogP contribution in [0.15, 0.2) is 42.5 Å². The SMILES string of the molecule is C[Se+](C)CCC[C@@]1(c2ccc(F)cc2)OCc2cc(C#N)ccc21.O=S(=O)([O-])C(F)(F)F. The summed E-state index contributed by atoms with van der Waals surface area (Å²) >= 11 is -0.496. The summed E-state index contributed by atoms with van der Waals surface area (Å²) in [5.74, 6) is 4.45. The number of fused-ring (bicyclic) bond motifs is 1. The molecule has 0 radical (unpaired) electrons. The molecule has 0 fully saturated rings. The van der Waals surface area contributed by atoms with E-state index in [0.717, 1.165) is 29.5 Å². The van der Waals surface area contributed by atoms with Gasteiger partial charge in [0, 0.05) is 0 Å². The van der Waals surface area contributed by atoms with Gasteiger partial charge in [0.2, 0.25) is 0 Å². The molecule has 11 heteroatoms. The van der Waals surface area contributed by atoms with E-state index < -0.39 is 35.1 Å². The molecule has 1 aliphatic rings. The fourth-order valence-corrected chi connectivity index (χ4v) is 4.89. The second-order valence-electron chi connectivity index (χ2n) is 7.30. The number of hydrogen-bond donors (Lipinski definition) is 0. The maximum Gasteiger partial charge on any atom is 0.485 e. The van der Waals surface area contributed by atoms with E-state index in [1.807, 2.05) is 30.3 Å². The maximum absolute atomic E-state index is 13.4. The van der Waals surface area contributed by atoms with Gasteiger partial charge in [0.25, 0.3) is 0 Å². The molecule has 0 aromatic heterocycles. The van der Waals surface area contributed by atoms with Crippen molar-refractivity contribution in [3.05, 3.63) is 70.5 Å². The molecule has 174 valence electrons. The first-order valence-corrected chi connectivity index (χ1v) is 15.3. The van der Waals surface area contributed by atoms with Crippen molar-refractivity contribution in [1.29, 1.82) is 5.26 Å². The van der Waals surface area contributed by atoms with Crippen LogP contribution in [-0.4, -0.2) is 32.4 Å². The van der Waals surface area contributed by atoms with E-state index in [0.29, 0.717) is 12.2 Å². The molecule has 0 aliphatic carbocycles. The van der Waals surface area contributed by atoms with E-state index >= 15 is 0 Å². The minimum atomic E-state index is -6.09. The minimum Gasteiger partial charge on any atom is -0.741 e. The fraction of sp³-hybridized carbons (Fsp3) is 0.381. The maximum atomic E-state index is 13.4. The van der Waals surface area contributed by atoms with Crippen molar-refractivity contribution in [2.45, 2.75) is 47.5 Å². The normalized spacial score (nSPS) is 18.0. The Bertz CT molecular complexity index is 1080. The summed E-state index contributed by atoms with van der Waals surface area (Å²) in [7, 11) is -6.09. The standard InChI is InChI=1S/C20H21FNOSe.CHF3O3S/c1-24(2)11-3-10-20(17-5-7-18(21)8-6-17)19-9-4-15(13-22)12-16(19)14-23-20;2-1(3,4)8(5,6)7/h4-9,12H,3,10-11,14H2,1-2H3;(H,5,6,7)/q+1;/p-1/t20-;/m0./s1. The van der Waals surface area contributed by atoms with Gasteiger partial charge in [-0.1, -0.05) is 0 Å². The van der Waals surface area contributed by atoms with Crippen molar-refractivity contribution in [2.75, 3.05) is 0 Å². The number of nitriles is 1. The van der Waals surface area contributed by atoms with Gasteiger partial charge in [-0.2, -0.15) is 13.2 Å². The van der Waals surface area contributed by atoms with Crippen molar-refractivity contribution in [3.8, 4) is 6.07 Å². The number of nitrogens with zero attached hydrogens (tertiary/aromatic N) is 1. The smallest absolute Gasteiger partial charge is 0.485 e. The zero-order chi connectivity index (χ0) is 24.2. The fourth-order valence-electron chi connectivity index (χ4n) is 3.37. The van der Waals surface area contributed by atoms with Crippen LogP contribution in [0, 0.1) is 17.1 Å². The number of rotatable bonds is 5. The molecule has 0 amide bonds. The Morgan fingerprint density at radius 1 is 1.19 bits per heavy atom. The van der Waals surface area contributed by atoms with Crippen LogP contribution in [0.25, 0.3) is 0 Å². The van der Waals surface area contributed by atoms with Crippen LogP contribution in [-0.2, 0) is 27.1 Å². The van der Waals surface area contributed by atoms with Gasteiger partial charge in [-0.25, -0.2) is 8.42 Å². The summed E-state index contributed by atoms with van der Waals surface area (Å²) in [6, 6.07) is 14.6. The third-order valence-electron chi connectivity index (χ3n) is 4.82. The third-order valence-corrected chi connectivity index (χ3v) is 7.70.